The number of Topliss-reactive ketones (excluding diaryl/α,β-unsaturated/α-hetero) is 1. The predicted molar refractivity (Wildman–Crippen MR) is 56.2 cm³/mol. The second-order valence-corrected chi connectivity index (χ2v) is 4.26. The molecule has 0 unspecified atom stereocenters. The molecule has 17 heavy (non-hydrogen) atoms. The first kappa shape index (κ1) is 16.2. The number of hydrogen-bond donors (Lipinski definition) is 0. The molecule has 0 aromatic carbocycles. The van der Waals surface area contributed by atoms with Crippen LogP contribution in [0.4, 0.5) is 0 Å². The normalized spacial score (nSPS) is 10.0. The monoisotopic (exact) mass is 277 g/mol. The third kappa shape index (κ3) is 5.89. The van der Waals surface area contributed by atoms with Gasteiger partial charge in [0, 0.05) is 0 Å². The Bertz CT molecular complexity index is 308. The van der Waals surface area contributed by atoms with Crippen LogP contribution in [-0.2, 0) is 43.2 Å². The van der Waals surface area contributed by atoms with Crippen LogP contribution in [0.5, 0.6) is 0 Å². The second-order valence-electron chi connectivity index (χ2n) is 3.94. The Morgan fingerprint density at radius 1 is 1.00 bits per heavy atom. The summed E-state index contributed by atoms with van der Waals surface area (Å²) in [5, 5.41) is 0. The number of carbonyl (C=O) groups excluding carboxylic acids is 2. The van der Waals surface area contributed by atoms with E-state index >= 15 is 0 Å². The van der Waals surface area contributed by atoms with Gasteiger partial charge in [-0.3, -0.25) is 0 Å². The first-order valence-electron chi connectivity index (χ1n) is 5.26. The summed E-state index contributed by atoms with van der Waals surface area (Å²) in [7, 11) is 0. The van der Waals surface area contributed by atoms with Crippen LogP contribution < -0.4 is 0 Å². The molecular weight excluding hydrogens is 260 g/mol. The molecule has 0 saturated carbocycles. The number of rotatable bonds is 6. The summed E-state index contributed by atoms with van der Waals surface area (Å²) < 4.78 is 15.2. The van der Waals surface area contributed by atoms with E-state index in [1.165, 1.54) is 27.7 Å². The Morgan fingerprint density at radius 2 is 1.41 bits per heavy atom. The van der Waals surface area contributed by atoms with Gasteiger partial charge < -0.3 is 0 Å². The van der Waals surface area contributed by atoms with Gasteiger partial charge in [0.15, 0.2) is 0 Å². The van der Waals surface area contributed by atoms with Gasteiger partial charge in [0.1, 0.15) is 0 Å². The van der Waals surface area contributed by atoms with Crippen molar-refractivity contribution in [2.75, 3.05) is 0 Å². The molecule has 0 aromatic heterocycles. The van der Waals surface area contributed by atoms with Crippen LogP contribution in [0.2, 0.25) is 0 Å². The second kappa shape index (κ2) is 7.51. The summed E-state index contributed by atoms with van der Waals surface area (Å²) in [5.41, 5.74) is -0.199. The van der Waals surface area contributed by atoms with Crippen LogP contribution in [0.1, 0.15) is 34.6 Å². The third-order valence-corrected chi connectivity index (χ3v) is 1.83. The predicted octanol–water partition coefficient (Wildman–Crippen LogP) is 1.64. The molecule has 0 saturated heterocycles. The van der Waals surface area contributed by atoms with Gasteiger partial charge in [-0.25, -0.2) is 0 Å². The number of carbonyl (C=O) groups is 2. The molecule has 0 radical (unpaired) electrons. The van der Waals surface area contributed by atoms with Crippen molar-refractivity contribution < 1.29 is 43.2 Å². The summed E-state index contributed by atoms with van der Waals surface area (Å²) >= 11 is 1.20. The van der Waals surface area contributed by atoms with Crippen molar-refractivity contribution in [1.29, 1.82) is 0 Å². The van der Waals surface area contributed by atoms with Gasteiger partial charge in [-0.1, -0.05) is 0 Å². The zero-order valence-electron chi connectivity index (χ0n) is 10.7. The molecule has 0 rings (SSSR count). The number of ether oxygens (including phenoxy) is 2. The van der Waals surface area contributed by atoms with Gasteiger partial charge in [-0.05, 0) is 0 Å². The number of hydrogen-bond acceptors (Lipinski definition) is 5. The van der Waals surface area contributed by atoms with Crippen molar-refractivity contribution in [2.45, 2.75) is 46.8 Å². The molecule has 6 heteroatoms. The van der Waals surface area contributed by atoms with Crippen LogP contribution in [0, 0.1) is 0 Å². The maximum absolute atomic E-state index is 11.5. The molecule has 0 fully saturated rings. The van der Waals surface area contributed by atoms with Gasteiger partial charge in [0.05, 0.1) is 0 Å². The molecule has 0 aliphatic heterocycles. The van der Waals surface area contributed by atoms with Gasteiger partial charge in [0.25, 0.3) is 0 Å². The average Bonchev–Trinajstić information content (AvgIpc) is 2.14. The molecule has 0 bridgehead atoms. The van der Waals surface area contributed by atoms with E-state index in [-0.39, 0.29) is 23.7 Å². The van der Waals surface area contributed by atoms with Gasteiger partial charge in [-0.2, -0.15) is 0 Å². The fourth-order valence-corrected chi connectivity index (χ4v) is 1.15. The van der Waals surface area contributed by atoms with Crippen molar-refractivity contribution in [2.24, 2.45) is 0 Å². The van der Waals surface area contributed by atoms with E-state index in [2.05, 4.69) is 3.32 Å². The summed E-state index contributed by atoms with van der Waals surface area (Å²) in [6, 6.07) is 0. The van der Waals surface area contributed by atoms with Crippen molar-refractivity contribution in [3.05, 3.63) is 11.5 Å². The fraction of sp³-hybridized carbons (Fsp3) is 0.636. The molecule has 95 valence electrons. The van der Waals surface area contributed by atoms with E-state index < -0.39 is 11.8 Å². The van der Waals surface area contributed by atoms with Crippen molar-refractivity contribution in [1.82, 2.24) is 0 Å². The van der Waals surface area contributed by atoms with Crippen LogP contribution in [0.25, 0.3) is 0 Å². The molecule has 0 N–H and O–H groups in total. The van der Waals surface area contributed by atoms with Gasteiger partial charge >= 0.3 is 113 Å². The van der Waals surface area contributed by atoms with Gasteiger partial charge in [0.2, 0.25) is 0 Å². The van der Waals surface area contributed by atoms with E-state index in [1.807, 2.05) is 0 Å². The van der Waals surface area contributed by atoms with Gasteiger partial charge in [-0.15, -0.1) is 0 Å². The molecule has 5 nitrogen and oxygen atoms in total. The summed E-state index contributed by atoms with van der Waals surface area (Å²) in [6.07, 6.45) is -0.412. The minimum atomic E-state index is -0.756. The molecule has 0 atom stereocenters. The van der Waals surface area contributed by atoms with E-state index in [0.717, 1.165) is 0 Å². The standard InChI is InChI=1S/C11H18O5.Ti/c1-6(2)15-11(16-7(3)4)9(8(5)12)10(13)14;/h6-7H,1-5H3,(H,13,14);/q;+1/p-1. The Kier molecular flexibility index (Phi) is 7.15. The van der Waals surface area contributed by atoms with Crippen LogP contribution in [-0.4, -0.2) is 24.0 Å². The van der Waals surface area contributed by atoms with Crippen molar-refractivity contribution >= 4 is 11.8 Å². The number of ketones is 1. The molecule has 0 amide bonds. The zero-order valence-corrected chi connectivity index (χ0v) is 12.3. The molecule has 0 heterocycles. The van der Waals surface area contributed by atoms with E-state index in [0.29, 0.717) is 0 Å². The average molecular weight is 277 g/mol. The van der Waals surface area contributed by atoms with E-state index in [9.17, 15) is 9.59 Å². The Morgan fingerprint density at radius 3 is 1.65 bits per heavy atom. The topological polar surface area (TPSA) is 61.8 Å². The SMILES string of the molecule is CC(=O)C(C(=O)[O][Ti])=C(OC(C)C)OC(C)C. The van der Waals surface area contributed by atoms with Crippen LogP contribution in [0.15, 0.2) is 11.5 Å². The summed E-state index contributed by atoms with van der Waals surface area (Å²) in [4.78, 5) is 22.9. The zero-order chi connectivity index (χ0) is 13.6. The quantitative estimate of drug-likeness (QED) is 0.243. The first-order valence-corrected chi connectivity index (χ1v) is 5.89. The summed E-state index contributed by atoms with van der Waals surface area (Å²) in [5.74, 6) is -1.28. The summed E-state index contributed by atoms with van der Waals surface area (Å²) in [6.45, 7) is 8.37. The van der Waals surface area contributed by atoms with Crippen LogP contribution >= 0.6 is 0 Å². The Labute approximate surface area is 113 Å². The van der Waals surface area contributed by atoms with E-state index in [1.54, 1.807) is 27.7 Å². The third-order valence-electron chi connectivity index (χ3n) is 1.54. The van der Waals surface area contributed by atoms with Crippen LogP contribution in [0.3, 0.4) is 0 Å². The maximum atomic E-state index is 11.5. The molecule has 0 spiro atoms. The van der Waals surface area contributed by atoms with Crippen molar-refractivity contribution in [3.8, 4) is 0 Å². The Balaban J connectivity index is 5.38. The molecular formula is C11H17O5Ti. The Hall–Kier alpha value is -0.806. The fourth-order valence-electron chi connectivity index (χ4n) is 0.996. The van der Waals surface area contributed by atoms with E-state index in [4.69, 9.17) is 9.47 Å². The first-order chi connectivity index (χ1) is 7.79. The molecule has 0 aliphatic rings. The van der Waals surface area contributed by atoms with Crippen molar-refractivity contribution in [3.63, 3.8) is 0 Å². The minimum absolute atomic E-state index is 0.0747. The molecule has 0 aliphatic carbocycles. The molecule has 0 aromatic rings.